The molecule has 0 heterocycles. The summed E-state index contributed by atoms with van der Waals surface area (Å²) in [4.78, 5) is 14.7. The molecule has 0 saturated carbocycles. The van der Waals surface area contributed by atoms with Crippen molar-refractivity contribution in [3.05, 3.63) is 84.7 Å². The number of likely N-dealkylation sites (N-methyl/N-ethyl adjacent to an activating group) is 1. The molecule has 0 atom stereocenters. The Hall–Kier alpha value is -3.58. The Kier molecular flexibility index (Phi) is 11.4. The van der Waals surface area contributed by atoms with Gasteiger partial charge in [0.1, 0.15) is 24.8 Å². The van der Waals surface area contributed by atoms with Crippen molar-refractivity contribution in [2.75, 3.05) is 45.3 Å². The second-order valence-electron chi connectivity index (χ2n) is 7.20. The number of rotatable bonds is 14. The van der Waals surface area contributed by atoms with Crippen LogP contribution >= 0.6 is 0 Å². The van der Waals surface area contributed by atoms with Crippen molar-refractivity contribution in [2.45, 2.75) is 13.8 Å². The van der Waals surface area contributed by atoms with Crippen LogP contribution in [0.2, 0.25) is 0 Å². The minimum absolute atomic E-state index is 0.263. The Bertz CT molecular complexity index is 987. The molecule has 2 aromatic rings. The first-order chi connectivity index (χ1) is 16.5. The van der Waals surface area contributed by atoms with E-state index in [1.54, 1.807) is 67.8 Å². The van der Waals surface area contributed by atoms with Gasteiger partial charge in [0.15, 0.2) is 11.5 Å². The zero-order chi connectivity index (χ0) is 24.8. The van der Waals surface area contributed by atoms with Gasteiger partial charge in [-0.25, -0.2) is 4.39 Å². The molecule has 7 heteroatoms. The smallest absolute Gasteiger partial charge is 0.255 e. The van der Waals surface area contributed by atoms with Gasteiger partial charge in [0.25, 0.3) is 5.91 Å². The van der Waals surface area contributed by atoms with Crippen LogP contribution in [0.3, 0.4) is 0 Å². The largest absolute Gasteiger partial charge is 0.493 e. The van der Waals surface area contributed by atoms with E-state index in [1.807, 2.05) is 24.8 Å². The summed E-state index contributed by atoms with van der Waals surface area (Å²) in [5.74, 6) is 2.09. The SMILES string of the molecule is C=C/C=C\C(=C/C)Oc1ccc(C(=O)Nc2ccc(OC)c(OCCN(CC)CCF)c2)cc1. The highest BCUT2D eigenvalue weighted by molar-refractivity contribution is 6.04. The van der Waals surface area contributed by atoms with Gasteiger partial charge in [-0.3, -0.25) is 9.69 Å². The summed E-state index contributed by atoms with van der Waals surface area (Å²) < 4.78 is 29.6. The van der Waals surface area contributed by atoms with E-state index < -0.39 is 6.67 Å². The van der Waals surface area contributed by atoms with E-state index in [4.69, 9.17) is 14.2 Å². The molecule has 0 saturated heterocycles. The predicted octanol–water partition coefficient (Wildman–Crippen LogP) is 5.64. The third-order valence-corrected chi connectivity index (χ3v) is 4.97. The first-order valence-electron chi connectivity index (χ1n) is 11.2. The summed E-state index contributed by atoms with van der Waals surface area (Å²) in [5, 5.41) is 2.87. The highest BCUT2D eigenvalue weighted by Gasteiger charge is 2.11. The number of carbonyl (C=O) groups excluding carboxylic acids is 1. The molecule has 2 aromatic carbocycles. The van der Waals surface area contributed by atoms with E-state index in [0.717, 1.165) is 6.54 Å². The Morgan fingerprint density at radius 2 is 1.91 bits per heavy atom. The number of benzene rings is 2. The van der Waals surface area contributed by atoms with Crippen molar-refractivity contribution in [3.63, 3.8) is 0 Å². The van der Waals surface area contributed by atoms with Crippen LogP contribution in [0.4, 0.5) is 10.1 Å². The van der Waals surface area contributed by atoms with Gasteiger partial charge in [0, 0.05) is 30.4 Å². The highest BCUT2D eigenvalue weighted by Crippen LogP contribution is 2.30. The number of methoxy groups -OCH3 is 1. The second-order valence-corrected chi connectivity index (χ2v) is 7.20. The maximum atomic E-state index is 12.7. The van der Waals surface area contributed by atoms with Gasteiger partial charge in [-0.15, -0.1) is 0 Å². The maximum absolute atomic E-state index is 12.7. The standard InChI is InChI=1S/C27H33FN2O4/c1-5-8-9-23(6-2)34-24-13-10-21(11-14-24)27(31)29-22-12-15-25(32-4)26(20-22)33-19-18-30(7-3)17-16-28/h5-6,8-15,20H,1,7,16-19H2,2-4H3,(H,29,31)/b9-8-,23-6+. The van der Waals surface area contributed by atoms with E-state index in [1.165, 1.54) is 0 Å². The maximum Gasteiger partial charge on any atom is 0.255 e. The number of nitrogens with zero attached hydrogens (tertiary/aromatic N) is 1. The molecule has 0 unspecified atom stereocenters. The molecular weight excluding hydrogens is 435 g/mol. The number of alkyl halides is 1. The van der Waals surface area contributed by atoms with Crippen LogP contribution in [0, 0.1) is 0 Å². The molecule has 0 radical (unpaired) electrons. The first kappa shape index (κ1) is 26.7. The lowest BCUT2D eigenvalue weighted by Crippen LogP contribution is -2.30. The fourth-order valence-electron chi connectivity index (χ4n) is 3.07. The molecule has 34 heavy (non-hydrogen) atoms. The molecule has 1 amide bonds. The average molecular weight is 469 g/mol. The van der Waals surface area contributed by atoms with Gasteiger partial charge in [0.05, 0.1) is 7.11 Å². The van der Waals surface area contributed by atoms with Gasteiger partial charge in [-0.1, -0.05) is 25.7 Å². The molecule has 0 fully saturated rings. The Morgan fingerprint density at radius 3 is 2.53 bits per heavy atom. The van der Waals surface area contributed by atoms with Crippen LogP contribution in [-0.2, 0) is 0 Å². The fraction of sp³-hybridized carbons (Fsp3) is 0.296. The number of ether oxygens (including phenoxy) is 3. The van der Waals surface area contributed by atoms with E-state index in [0.29, 0.717) is 54.0 Å². The summed E-state index contributed by atoms with van der Waals surface area (Å²) in [7, 11) is 1.55. The third kappa shape index (κ3) is 8.41. The lowest BCUT2D eigenvalue weighted by molar-refractivity contribution is 0.102. The lowest BCUT2D eigenvalue weighted by Gasteiger charge is -2.19. The number of anilines is 1. The monoisotopic (exact) mass is 468 g/mol. The van der Waals surface area contributed by atoms with Crippen LogP contribution < -0.4 is 19.5 Å². The van der Waals surface area contributed by atoms with Gasteiger partial charge in [0.2, 0.25) is 0 Å². The zero-order valence-electron chi connectivity index (χ0n) is 20.1. The topological polar surface area (TPSA) is 60.0 Å². The number of carbonyl (C=O) groups is 1. The van der Waals surface area contributed by atoms with Crippen LogP contribution in [0.25, 0.3) is 0 Å². The number of nitrogens with one attached hydrogen (secondary N) is 1. The third-order valence-electron chi connectivity index (χ3n) is 4.97. The van der Waals surface area contributed by atoms with Crippen molar-refractivity contribution < 1.29 is 23.4 Å². The molecule has 182 valence electrons. The normalized spacial score (nSPS) is 11.5. The average Bonchev–Trinajstić information content (AvgIpc) is 2.86. The molecule has 0 aliphatic rings. The fourth-order valence-corrected chi connectivity index (χ4v) is 3.07. The Morgan fingerprint density at radius 1 is 1.15 bits per heavy atom. The number of hydrogen-bond donors (Lipinski definition) is 1. The predicted molar refractivity (Wildman–Crippen MR) is 135 cm³/mol. The zero-order valence-corrected chi connectivity index (χ0v) is 20.1. The van der Waals surface area contributed by atoms with Crippen LogP contribution in [0.5, 0.6) is 17.2 Å². The van der Waals surface area contributed by atoms with E-state index in [2.05, 4.69) is 11.9 Å². The number of amides is 1. The van der Waals surface area contributed by atoms with Crippen LogP contribution in [0.1, 0.15) is 24.2 Å². The summed E-state index contributed by atoms with van der Waals surface area (Å²) >= 11 is 0. The van der Waals surface area contributed by atoms with E-state index in [-0.39, 0.29) is 5.91 Å². The van der Waals surface area contributed by atoms with Crippen molar-refractivity contribution in [1.82, 2.24) is 4.90 Å². The second kappa shape index (κ2) is 14.5. The van der Waals surface area contributed by atoms with Gasteiger partial charge in [-0.2, -0.15) is 0 Å². The van der Waals surface area contributed by atoms with Crippen molar-refractivity contribution >= 4 is 11.6 Å². The van der Waals surface area contributed by atoms with Gasteiger partial charge >= 0.3 is 0 Å². The summed E-state index contributed by atoms with van der Waals surface area (Å²) in [6, 6.07) is 12.0. The number of halogens is 1. The van der Waals surface area contributed by atoms with Crippen LogP contribution in [-0.4, -0.2) is 50.8 Å². The molecular formula is C27H33FN2O4. The molecule has 1 N–H and O–H groups in total. The Labute approximate surface area is 201 Å². The van der Waals surface area contributed by atoms with Crippen molar-refractivity contribution in [3.8, 4) is 17.2 Å². The lowest BCUT2D eigenvalue weighted by atomic mass is 10.2. The molecule has 0 aromatic heterocycles. The van der Waals surface area contributed by atoms with Gasteiger partial charge in [-0.05, 0) is 62.0 Å². The molecule has 0 spiro atoms. The number of allylic oxidation sites excluding steroid dienone is 4. The van der Waals surface area contributed by atoms with Gasteiger partial charge < -0.3 is 19.5 Å². The summed E-state index contributed by atoms with van der Waals surface area (Å²) in [5.41, 5.74) is 1.06. The molecule has 0 aliphatic carbocycles. The summed E-state index contributed by atoms with van der Waals surface area (Å²) in [6.07, 6.45) is 7.10. The quantitative estimate of drug-likeness (QED) is 0.287. The molecule has 6 nitrogen and oxygen atoms in total. The Balaban J connectivity index is 2.02. The van der Waals surface area contributed by atoms with E-state index >= 15 is 0 Å². The summed E-state index contributed by atoms with van der Waals surface area (Å²) in [6.45, 7) is 9.18. The van der Waals surface area contributed by atoms with E-state index in [9.17, 15) is 9.18 Å². The minimum Gasteiger partial charge on any atom is -0.493 e. The first-order valence-corrected chi connectivity index (χ1v) is 11.2. The van der Waals surface area contributed by atoms with Crippen molar-refractivity contribution in [2.24, 2.45) is 0 Å². The molecule has 0 bridgehead atoms. The van der Waals surface area contributed by atoms with Crippen molar-refractivity contribution in [1.29, 1.82) is 0 Å². The minimum atomic E-state index is -0.394. The van der Waals surface area contributed by atoms with Crippen LogP contribution in [0.15, 0.2) is 79.1 Å². The molecule has 0 aliphatic heterocycles. The highest BCUT2D eigenvalue weighted by atomic mass is 19.1. The molecule has 2 rings (SSSR count). The number of hydrogen-bond acceptors (Lipinski definition) is 5.